The van der Waals surface area contributed by atoms with E-state index in [0.29, 0.717) is 30.5 Å². The maximum atomic E-state index is 9.58. The van der Waals surface area contributed by atoms with Gasteiger partial charge in [-0.15, -0.1) is 0 Å². The zero-order chi connectivity index (χ0) is 20.3. The van der Waals surface area contributed by atoms with Gasteiger partial charge in [0, 0.05) is 11.8 Å². The van der Waals surface area contributed by atoms with E-state index in [-0.39, 0.29) is 29.8 Å². The molecule has 2 saturated heterocycles. The van der Waals surface area contributed by atoms with Crippen molar-refractivity contribution in [2.75, 3.05) is 34.5 Å². The Kier molecular flexibility index (Phi) is 6.31. The Morgan fingerprint density at radius 2 is 1.79 bits per heavy atom. The zero-order valence-corrected chi connectivity index (χ0v) is 16.8. The normalized spacial score (nSPS) is 27.4. The second-order valence-corrected chi connectivity index (χ2v) is 7.01. The van der Waals surface area contributed by atoms with Crippen LogP contribution >= 0.6 is 0 Å². The maximum Gasteiger partial charge on any atom is 0.161 e. The van der Waals surface area contributed by atoms with E-state index in [9.17, 15) is 5.11 Å². The molecular formula is C22H28O6. The molecule has 28 heavy (non-hydrogen) atoms. The van der Waals surface area contributed by atoms with Crippen molar-refractivity contribution >= 4 is 0 Å². The molecule has 152 valence electrons. The van der Waals surface area contributed by atoms with E-state index >= 15 is 0 Å². The van der Waals surface area contributed by atoms with Crippen LogP contribution < -0.4 is 9.47 Å². The third-order valence-corrected chi connectivity index (χ3v) is 5.39. The highest BCUT2D eigenvalue weighted by Crippen LogP contribution is 2.47. The Balaban J connectivity index is 1.73. The number of ether oxygens (including phenoxy) is 5. The third kappa shape index (κ3) is 3.88. The van der Waals surface area contributed by atoms with E-state index in [1.54, 1.807) is 27.2 Å². The van der Waals surface area contributed by atoms with E-state index < -0.39 is 0 Å². The fourth-order valence-electron chi connectivity index (χ4n) is 3.92. The van der Waals surface area contributed by atoms with Crippen molar-refractivity contribution in [3.63, 3.8) is 0 Å². The number of benzene rings is 1. The molecule has 2 heterocycles. The summed E-state index contributed by atoms with van der Waals surface area (Å²) in [7, 11) is 4.77. The van der Waals surface area contributed by atoms with Crippen LogP contribution in [0.4, 0.5) is 0 Å². The summed E-state index contributed by atoms with van der Waals surface area (Å²) in [6.45, 7) is 6.93. The lowest BCUT2D eigenvalue weighted by Crippen LogP contribution is -2.21. The highest BCUT2D eigenvalue weighted by molar-refractivity contribution is 5.44. The third-order valence-electron chi connectivity index (χ3n) is 5.39. The topological polar surface area (TPSA) is 66.4 Å². The van der Waals surface area contributed by atoms with Crippen LogP contribution in [-0.2, 0) is 14.2 Å². The number of fused-ring (bicyclic) bond motifs is 1. The first kappa shape index (κ1) is 20.3. The van der Waals surface area contributed by atoms with Crippen LogP contribution in [0.1, 0.15) is 18.6 Å². The van der Waals surface area contributed by atoms with E-state index in [4.69, 9.17) is 23.7 Å². The molecule has 2 unspecified atom stereocenters. The van der Waals surface area contributed by atoms with E-state index in [1.165, 1.54) is 7.11 Å². The number of allylic oxidation sites excluding steroid dienone is 2. The SMILES string of the molecule is C=C(/C=C\C(OC)=C(/C)O)[C@@H]1OCC2C1CO[C@@H]2c1ccc(OC)c(OC)c1. The van der Waals surface area contributed by atoms with Crippen LogP contribution in [0.5, 0.6) is 11.5 Å². The molecule has 0 bridgehead atoms. The molecule has 3 rings (SSSR count). The Morgan fingerprint density at radius 1 is 1.07 bits per heavy atom. The van der Waals surface area contributed by atoms with Crippen molar-refractivity contribution in [2.24, 2.45) is 11.8 Å². The minimum absolute atomic E-state index is 0.0549. The van der Waals surface area contributed by atoms with Gasteiger partial charge in [-0.05, 0) is 36.3 Å². The second-order valence-electron chi connectivity index (χ2n) is 7.01. The van der Waals surface area contributed by atoms with Gasteiger partial charge in [-0.25, -0.2) is 0 Å². The molecule has 4 atom stereocenters. The number of aliphatic hydroxyl groups is 1. The van der Waals surface area contributed by atoms with Gasteiger partial charge >= 0.3 is 0 Å². The lowest BCUT2D eigenvalue weighted by Gasteiger charge is -2.18. The predicted octanol–water partition coefficient (Wildman–Crippen LogP) is 3.95. The van der Waals surface area contributed by atoms with Gasteiger partial charge < -0.3 is 28.8 Å². The average molecular weight is 388 g/mol. The number of methoxy groups -OCH3 is 3. The molecule has 6 nitrogen and oxygen atoms in total. The molecule has 2 fully saturated rings. The molecule has 0 spiro atoms. The van der Waals surface area contributed by atoms with Gasteiger partial charge in [-0.1, -0.05) is 18.7 Å². The Bertz CT molecular complexity index is 777. The van der Waals surface area contributed by atoms with E-state index in [0.717, 1.165) is 11.1 Å². The minimum Gasteiger partial charge on any atom is -0.509 e. The molecule has 0 aliphatic carbocycles. The molecule has 0 radical (unpaired) electrons. The molecule has 1 N–H and O–H groups in total. The zero-order valence-electron chi connectivity index (χ0n) is 16.8. The summed E-state index contributed by atoms with van der Waals surface area (Å²) in [5.41, 5.74) is 1.89. The highest BCUT2D eigenvalue weighted by atomic mass is 16.5. The standard InChI is InChI=1S/C22H28O6/c1-13(6-8-18(24-3)14(2)23)21-16-11-28-22(17(16)12-27-21)15-7-9-19(25-4)20(10-15)26-5/h6-10,16-17,21-23H,1,11-12H2,2-5H3/b8-6-,18-14-/t16?,17?,21-,22+/m0/s1. The van der Waals surface area contributed by atoms with Crippen molar-refractivity contribution < 1.29 is 28.8 Å². The van der Waals surface area contributed by atoms with Crippen LogP contribution in [0.2, 0.25) is 0 Å². The van der Waals surface area contributed by atoms with Gasteiger partial charge in [0.1, 0.15) is 5.76 Å². The lowest BCUT2D eigenvalue weighted by atomic mass is 9.85. The molecule has 0 amide bonds. The predicted molar refractivity (Wildman–Crippen MR) is 106 cm³/mol. The van der Waals surface area contributed by atoms with Gasteiger partial charge in [0.05, 0.1) is 46.8 Å². The van der Waals surface area contributed by atoms with Crippen LogP contribution in [0.3, 0.4) is 0 Å². The Labute approximate surface area is 166 Å². The van der Waals surface area contributed by atoms with Gasteiger partial charge in [-0.2, -0.15) is 0 Å². The summed E-state index contributed by atoms with van der Waals surface area (Å²) >= 11 is 0. The Morgan fingerprint density at radius 3 is 2.43 bits per heavy atom. The van der Waals surface area contributed by atoms with Crippen LogP contribution in [0.25, 0.3) is 0 Å². The summed E-state index contributed by atoms with van der Waals surface area (Å²) in [4.78, 5) is 0. The second kappa shape index (κ2) is 8.71. The molecule has 1 aromatic rings. The summed E-state index contributed by atoms with van der Waals surface area (Å²) in [5.74, 6) is 2.37. The van der Waals surface area contributed by atoms with E-state index in [1.807, 2.05) is 24.3 Å². The molecule has 6 heteroatoms. The van der Waals surface area contributed by atoms with E-state index in [2.05, 4.69) is 6.58 Å². The largest absolute Gasteiger partial charge is 0.509 e. The monoisotopic (exact) mass is 388 g/mol. The van der Waals surface area contributed by atoms with Crippen LogP contribution in [0.15, 0.2) is 54.0 Å². The number of aliphatic hydroxyl groups excluding tert-OH is 1. The summed E-state index contributed by atoms with van der Waals surface area (Å²) in [5, 5.41) is 9.58. The first-order valence-electron chi connectivity index (χ1n) is 9.26. The fourth-order valence-corrected chi connectivity index (χ4v) is 3.92. The van der Waals surface area contributed by atoms with Crippen molar-refractivity contribution in [1.29, 1.82) is 0 Å². The Hall–Kier alpha value is -2.44. The maximum absolute atomic E-state index is 9.58. The summed E-state index contributed by atoms with van der Waals surface area (Å²) in [6, 6.07) is 5.87. The van der Waals surface area contributed by atoms with Crippen molar-refractivity contribution in [1.82, 2.24) is 0 Å². The van der Waals surface area contributed by atoms with Gasteiger partial charge in [0.2, 0.25) is 0 Å². The smallest absolute Gasteiger partial charge is 0.161 e. The fraction of sp³-hybridized carbons (Fsp3) is 0.455. The van der Waals surface area contributed by atoms with Crippen molar-refractivity contribution in [2.45, 2.75) is 19.1 Å². The van der Waals surface area contributed by atoms with Crippen LogP contribution in [-0.4, -0.2) is 45.8 Å². The van der Waals surface area contributed by atoms with Gasteiger partial charge in [0.15, 0.2) is 17.3 Å². The first-order valence-corrected chi connectivity index (χ1v) is 9.26. The molecule has 2 aliphatic heterocycles. The number of rotatable bonds is 7. The highest BCUT2D eigenvalue weighted by Gasteiger charge is 2.48. The number of hydrogen-bond donors (Lipinski definition) is 1. The average Bonchev–Trinajstić information content (AvgIpc) is 3.29. The molecule has 2 aliphatic rings. The lowest BCUT2D eigenvalue weighted by molar-refractivity contribution is 0.0319. The first-order chi connectivity index (χ1) is 13.5. The molecule has 1 aromatic carbocycles. The summed E-state index contributed by atoms with van der Waals surface area (Å²) < 4.78 is 28.1. The quantitative estimate of drug-likeness (QED) is 0.563. The molecule has 0 aromatic heterocycles. The van der Waals surface area contributed by atoms with Crippen molar-refractivity contribution in [3.05, 3.63) is 59.6 Å². The van der Waals surface area contributed by atoms with Crippen LogP contribution in [0, 0.1) is 11.8 Å². The van der Waals surface area contributed by atoms with Gasteiger partial charge in [0.25, 0.3) is 0 Å². The summed E-state index contributed by atoms with van der Waals surface area (Å²) in [6.07, 6.45) is 3.36. The molecule has 0 saturated carbocycles. The molecular weight excluding hydrogens is 360 g/mol. The number of hydrogen-bond acceptors (Lipinski definition) is 6. The minimum atomic E-state index is -0.122. The van der Waals surface area contributed by atoms with Gasteiger partial charge in [-0.3, -0.25) is 0 Å². The van der Waals surface area contributed by atoms with Crippen molar-refractivity contribution in [3.8, 4) is 11.5 Å².